The van der Waals surface area contributed by atoms with E-state index in [4.69, 9.17) is 5.73 Å². The summed E-state index contributed by atoms with van der Waals surface area (Å²) < 4.78 is 0. The van der Waals surface area contributed by atoms with E-state index in [2.05, 4.69) is 0 Å². The van der Waals surface area contributed by atoms with Crippen LogP contribution in [0.25, 0.3) is 0 Å². The number of carbonyl (C=O) groups is 2. The third-order valence-electron chi connectivity index (χ3n) is 4.38. The number of nitrogens with zero attached hydrogens (tertiary/aromatic N) is 1. The van der Waals surface area contributed by atoms with E-state index in [1.807, 2.05) is 0 Å². The highest BCUT2D eigenvalue weighted by Gasteiger charge is 2.58. The van der Waals surface area contributed by atoms with Crippen LogP contribution >= 0.6 is 0 Å². The molecule has 6 nitrogen and oxygen atoms in total. The molecule has 2 aromatic rings. The summed E-state index contributed by atoms with van der Waals surface area (Å²) in [5, 5.41) is 11.4. The first-order valence-corrected chi connectivity index (χ1v) is 7.09. The molecule has 116 valence electrons. The number of ketones is 1. The van der Waals surface area contributed by atoms with Crippen molar-refractivity contribution in [2.24, 2.45) is 11.7 Å². The summed E-state index contributed by atoms with van der Waals surface area (Å²) in [6.45, 7) is -0.576. The van der Waals surface area contributed by atoms with Crippen LogP contribution in [0.15, 0.2) is 54.6 Å². The Morgan fingerprint density at radius 2 is 1.74 bits per heavy atom. The highest BCUT2D eigenvalue weighted by atomic mass is 16.6. The number of Topliss-reactive ketones (excluding diaryl/α,β-unsaturated/α-hetero) is 1. The van der Waals surface area contributed by atoms with E-state index >= 15 is 0 Å². The molecule has 0 radical (unpaired) electrons. The highest BCUT2D eigenvalue weighted by Crippen LogP contribution is 2.48. The van der Waals surface area contributed by atoms with Gasteiger partial charge in [0.15, 0.2) is 5.78 Å². The van der Waals surface area contributed by atoms with Crippen molar-refractivity contribution in [3.8, 4) is 0 Å². The molecule has 3 rings (SSSR count). The van der Waals surface area contributed by atoms with E-state index in [9.17, 15) is 19.7 Å². The highest BCUT2D eigenvalue weighted by molar-refractivity contribution is 6.15. The third-order valence-corrected chi connectivity index (χ3v) is 4.38. The number of nitrogens with two attached hydrogens (primary N) is 1. The summed E-state index contributed by atoms with van der Waals surface area (Å²) in [6.07, 6.45) is 0. The van der Waals surface area contributed by atoms with Crippen molar-refractivity contribution in [2.75, 3.05) is 6.54 Å². The lowest BCUT2D eigenvalue weighted by Crippen LogP contribution is -2.47. The zero-order valence-electron chi connectivity index (χ0n) is 12.1. The first-order valence-electron chi connectivity index (χ1n) is 7.09. The molecular formula is C17H14N2O4. The van der Waals surface area contributed by atoms with Gasteiger partial charge in [0.2, 0.25) is 12.5 Å². The van der Waals surface area contributed by atoms with Gasteiger partial charge in [-0.05, 0) is 11.1 Å². The smallest absolute Gasteiger partial charge is 0.229 e. The normalized spacial score (nSPS) is 22.6. The number of nitro groups is 1. The molecule has 0 saturated heterocycles. The van der Waals surface area contributed by atoms with Crippen LogP contribution in [0.3, 0.4) is 0 Å². The molecule has 0 unspecified atom stereocenters. The fourth-order valence-electron chi connectivity index (χ4n) is 3.52. The molecule has 0 saturated carbocycles. The molecule has 2 aromatic carbocycles. The van der Waals surface area contributed by atoms with Crippen LogP contribution in [0.5, 0.6) is 0 Å². The van der Waals surface area contributed by atoms with E-state index in [1.54, 1.807) is 54.6 Å². The lowest BCUT2D eigenvalue weighted by Gasteiger charge is -2.30. The Hall–Kier alpha value is -3.02. The van der Waals surface area contributed by atoms with Crippen molar-refractivity contribution < 1.29 is 14.5 Å². The minimum Gasteiger partial charge on any atom is -0.369 e. The molecule has 0 fully saturated rings. The van der Waals surface area contributed by atoms with E-state index in [1.165, 1.54) is 0 Å². The van der Waals surface area contributed by atoms with Gasteiger partial charge in [-0.1, -0.05) is 54.6 Å². The quantitative estimate of drug-likeness (QED) is 0.525. The lowest BCUT2D eigenvalue weighted by molar-refractivity contribution is -0.489. The molecule has 6 heteroatoms. The van der Waals surface area contributed by atoms with Gasteiger partial charge in [0.25, 0.3) is 0 Å². The molecule has 0 heterocycles. The fourth-order valence-corrected chi connectivity index (χ4v) is 3.52. The largest absolute Gasteiger partial charge is 0.369 e. The van der Waals surface area contributed by atoms with Crippen LogP contribution < -0.4 is 5.73 Å². The monoisotopic (exact) mass is 310 g/mol. The van der Waals surface area contributed by atoms with E-state index < -0.39 is 34.5 Å². The Kier molecular flexibility index (Phi) is 3.44. The Balaban J connectivity index is 2.37. The third kappa shape index (κ3) is 2.11. The van der Waals surface area contributed by atoms with Crippen molar-refractivity contribution in [1.82, 2.24) is 0 Å². The second kappa shape index (κ2) is 5.31. The van der Waals surface area contributed by atoms with Crippen LogP contribution in [-0.4, -0.2) is 23.2 Å². The summed E-state index contributed by atoms with van der Waals surface area (Å²) in [4.78, 5) is 35.6. The van der Waals surface area contributed by atoms with Gasteiger partial charge in [0, 0.05) is 10.5 Å². The van der Waals surface area contributed by atoms with Crippen LogP contribution in [0.2, 0.25) is 0 Å². The molecule has 1 aliphatic rings. The van der Waals surface area contributed by atoms with Gasteiger partial charge < -0.3 is 5.73 Å². The molecule has 0 aromatic heterocycles. The zero-order chi connectivity index (χ0) is 16.6. The number of rotatable bonds is 4. The number of primary amides is 1. The summed E-state index contributed by atoms with van der Waals surface area (Å²) in [7, 11) is 0. The van der Waals surface area contributed by atoms with Crippen molar-refractivity contribution >= 4 is 11.7 Å². The standard InChI is InChI=1S/C17H14N2O4/c18-16(21)14-15(20)12-8-4-5-9-13(12)17(14,10-19(22)23)11-6-2-1-3-7-11/h1-9,14H,10H2,(H2,18,21)/t14-,17+/m0/s1. The summed E-state index contributed by atoms with van der Waals surface area (Å²) in [5.74, 6) is -2.59. The number of hydrogen-bond donors (Lipinski definition) is 1. The van der Waals surface area contributed by atoms with Crippen LogP contribution in [0.1, 0.15) is 21.5 Å². The predicted octanol–water partition coefficient (Wildman–Crippen LogP) is 1.55. The van der Waals surface area contributed by atoms with Gasteiger partial charge in [-0.3, -0.25) is 19.7 Å². The molecule has 2 atom stereocenters. The van der Waals surface area contributed by atoms with Crippen LogP contribution in [0, 0.1) is 16.0 Å². The molecule has 23 heavy (non-hydrogen) atoms. The molecule has 1 amide bonds. The first kappa shape index (κ1) is 14.9. The maximum absolute atomic E-state index is 12.7. The summed E-state index contributed by atoms with van der Waals surface area (Å²) in [6, 6.07) is 15.2. The van der Waals surface area contributed by atoms with Gasteiger partial charge in [-0.15, -0.1) is 0 Å². The van der Waals surface area contributed by atoms with Gasteiger partial charge in [0.1, 0.15) is 11.3 Å². The van der Waals surface area contributed by atoms with Crippen molar-refractivity contribution in [2.45, 2.75) is 5.41 Å². The summed E-state index contributed by atoms with van der Waals surface area (Å²) in [5.41, 5.74) is 5.45. The summed E-state index contributed by atoms with van der Waals surface area (Å²) >= 11 is 0. The Morgan fingerprint density at radius 3 is 2.35 bits per heavy atom. The number of benzene rings is 2. The minimum absolute atomic E-state index is 0.321. The lowest BCUT2D eigenvalue weighted by atomic mass is 9.69. The molecule has 0 spiro atoms. The predicted molar refractivity (Wildman–Crippen MR) is 82.5 cm³/mol. The van der Waals surface area contributed by atoms with Gasteiger partial charge in [0.05, 0.1) is 0 Å². The second-order valence-electron chi connectivity index (χ2n) is 5.57. The average molecular weight is 310 g/mol. The van der Waals surface area contributed by atoms with Crippen LogP contribution in [-0.2, 0) is 10.2 Å². The number of amides is 1. The zero-order valence-corrected chi connectivity index (χ0v) is 12.1. The average Bonchev–Trinajstić information content (AvgIpc) is 2.78. The maximum atomic E-state index is 12.7. The van der Waals surface area contributed by atoms with Crippen molar-refractivity contribution in [3.05, 3.63) is 81.4 Å². The number of fused-ring (bicyclic) bond motifs is 1. The van der Waals surface area contributed by atoms with E-state index in [-0.39, 0.29) is 0 Å². The minimum atomic E-state index is -1.37. The number of hydrogen-bond acceptors (Lipinski definition) is 4. The Labute approximate surface area is 132 Å². The number of carbonyl (C=O) groups excluding carboxylic acids is 2. The van der Waals surface area contributed by atoms with Crippen molar-refractivity contribution in [3.63, 3.8) is 0 Å². The molecule has 1 aliphatic carbocycles. The first-order chi connectivity index (χ1) is 11.0. The Bertz CT molecular complexity index is 803. The van der Waals surface area contributed by atoms with E-state index in [0.717, 1.165) is 0 Å². The molecule has 0 bridgehead atoms. The maximum Gasteiger partial charge on any atom is 0.229 e. The van der Waals surface area contributed by atoms with Gasteiger partial charge in [-0.25, -0.2) is 0 Å². The Morgan fingerprint density at radius 1 is 1.13 bits per heavy atom. The SMILES string of the molecule is NC(=O)[C@@H]1C(=O)c2ccccc2[C@@]1(C[N+](=O)[O-])c1ccccc1. The van der Waals surface area contributed by atoms with Crippen molar-refractivity contribution in [1.29, 1.82) is 0 Å². The fraction of sp³-hybridized carbons (Fsp3) is 0.176. The topological polar surface area (TPSA) is 103 Å². The van der Waals surface area contributed by atoms with Gasteiger partial charge in [-0.2, -0.15) is 0 Å². The molecular weight excluding hydrogens is 296 g/mol. The molecule has 2 N–H and O–H groups in total. The van der Waals surface area contributed by atoms with Crippen LogP contribution in [0.4, 0.5) is 0 Å². The molecule has 0 aliphatic heterocycles. The van der Waals surface area contributed by atoms with E-state index in [0.29, 0.717) is 16.7 Å². The second-order valence-corrected chi connectivity index (χ2v) is 5.57. The van der Waals surface area contributed by atoms with Gasteiger partial charge >= 0.3 is 0 Å².